The van der Waals surface area contributed by atoms with Crippen molar-refractivity contribution in [1.82, 2.24) is 40.5 Å². The molecule has 0 atom stereocenters. The molecule has 1 aromatic carbocycles. The van der Waals surface area contributed by atoms with Crippen LogP contribution in [0.1, 0.15) is 29.0 Å². The molecule has 0 spiro atoms. The highest BCUT2D eigenvalue weighted by molar-refractivity contribution is 5.94. The summed E-state index contributed by atoms with van der Waals surface area (Å²) in [4.78, 5) is 14.6. The predicted molar refractivity (Wildman–Crippen MR) is 87.9 cm³/mol. The van der Waals surface area contributed by atoms with Crippen molar-refractivity contribution in [3.63, 3.8) is 0 Å². The monoisotopic (exact) mass is 338 g/mol. The van der Waals surface area contributed by atoms with Crippen LogP contribution in [0.3, 0.4) is 0 Å². The van der Waals surface area contributed by atoms with Crippen LogP contribution in [0, 0.1) is 5.92 Å². The van der Waals surface area contributed by atoms with Crippen LogP contribution in [0.15, 0.2) is 36.7 Å². The number of hydrogen-bond donors (Lipinski definition) is 1. The van der Waals surface area contributed by atoms with E-state index in [1.165, 1.54) is 0 Å². The minimum atomic E-state index is 0.0724. The summed E-state index contributed by atoms with van der Waals surface area (Å²) in [5.74, 6) is 1.31. The number of hydrogen-bond acceptors (Lipinski definition) is 6. The summed E-state index contributed by atoms with van der Waals surface area (Å²) < 4.78 is 1.66. The number of aromatic nitrogens is 7. The third-order valence-corrected chi connectivity index (χ3v) is 4.56. The zero-order valence-corrected chi connectivity index (χ0v) is 13.6. The van der Waals surface area contributed by atoms with Gasteiger partial charge in [0.2, 0.25) is 0 Å². The van der Waals surface area contributed by atoms with E-state index in [1.54, 1.807) is 17.1 Å². The van der Waals surface area contributed by atoms with Crippen molar-refractivity contribution in [2.45, 2.75) is 19.3 Å². The number of likely N-dealkylation sites (tertiary alicyclic amines) is 1. The maximum absolute atomic E-state index is 12.7. The molecular formula is C16H18N8O. The minimum absolute atomic E-state index is 0.0724. The summed E-state index contributed by atoms with van der Waals surface area (Å²) in [7, 11) is 0. The molecule has 0 bridgehead atoms. The van der Waals surface area contributed by atoms with Crippen LogP contribution >= 0.6 is 0 Å². The number of carbonyl (C=O) groups excluding carboxylic acids is 1. The number of aromatic amines is 1. The standard InChI is InChI=1S/C16H18N8O/c25-16(13-1-3-14(4-2-13)24-10-7-17-22-24)23-8-5-12(6-9-23)11-15-18-20-21-19-15/h1-4,7,10,12H,5-6,8-9,11H2,(H,18,19,20,21). The highest BCUT2D eigenvalue weighted by Crippen LogP contribution is 2.22. The summed E-state index contributed by atoms with van der Waals surface area (Å²) in [5.41, 5.74) is 1.58. The van der Waals surface area contributed by atoms with Crippen molar-refractivity contribution < 1.29 is 4.79 Å². The van der Waals surface area contributed by atoms with Gasteiger partial charge in [-0.15, -0.1) is 15.3 Å². The second-order valence-corrected chi connectivity index (χ2v) is 6.16. The molecule has 2 aromatic heterocycles. The van der Waals surface area contributed by atoms with Crippen LogP contribution in [0.4, 0.5) is 0 Å². The van der Waals surface area contributed by atoms with Gasteiger partial charge in [-0.1, -0.05) is 10.4 Å². The molecule has 0 saturated carbocycles. The normalized spacial score (nSPS) is 15.4. The average molecular weight is 338 g/mol. The Morgan fingerprint density at radius 3 is 2.64 bits per heavy atom. The van der Waals surface area contributed by atoms with Crippen molar-refractivity contribution in [2.75, 3.05) is 13.1 Å². The molecule has 4 rings (SSSR count). The Hall–Kier alpha value is -3.10. The van der Waals surface area contributed by atoms with Crippen LogP contribution < -0.4 is 0 Å². The molecule has 9 heteroatoms. The first-order chi connectivity index (χ1) is 12.3. The van der Waals surface area contributed by atoms with Gasteiger partial charge in [-0.05, 0) is 43.0 Å². The van der Waals surface area contributed by atoms with E-state index >= 15 is 0 Å². The van der Waals surface area contributed by atoms with Crippen LogP contribution in [0.2, 0.25) is 0 Å². The van der Waals surface area contributed by atoms with E-state index in [9.17, 15) is 4.79 Å². The average Bonchev–Trinajstić information content (AvgIpc) is 3.36. The molecule has 1 saturated heterocycles. The number of rotatable bonds is 4. The molecule has 1 amide bonds. The van der Waals surface area contributed by atoms with Gasteiger partial charge in [-0.25, -0.2) is 4.68 Å². The molecule has 0 unspecified atom stereocenters. The Bertz CT molecular complexity index is 804. The van der Waals surface area contributed by atoms with E-state index in [1.807, 2.05) is 29.2 Å². The van der Waals surface area contributed by atoms with E-state index in [-0.39, 0.29) is 5.91 Å². The van der Waals surface area contributed by atoms with Crippen molar-refractivity contribution in [3.05, 3.63) is 48.0 Å². The van der Waals surface area contributed by atoms with Crippen LogP contribution in [-0.4, -0.2) is 59.5 Å². The third-order valence-electron chi connectivity index (χ3n) is 4.56. The number of benzene rings is 1. The lowest BCUT2D eigenvalue weighted by molar-refractivity contribution is 0.0690. The Labute approximate surface area is 144 Å². The van der Waals surface area contributed by atoms with Crippen LogP contribution in [0.5, 0.6) is 0 Å². The van der Waals surface area contributed by atoms with E-state index in [2.05, 4.69) is 30.9 Å². The van der Waals surface area contributed by atoms with Gasteiger partial charge in [-0.2, -0.15) is 5.21 Å². The van der Waals surface area contributed by atoms with Gasteiger partial charge in [0.25, 0.3) is 5.91 Å². The Balaban J connectivity index is 1.35. The summed E-state index contributed by atoms with van der Waals surface area (Å²) in [6.45, 7) is 1.51. The van der Waals surface area contributed by atoms with Crippen LogP contribution in [0.25, 0.3) is 5.69 Å². The van der Waals surface area contributed by atoms with Crippen molar-refractivity contribution in [3.8, 4) is 5.69 Å². The van der Waals surface area contributed by atoms with Gasteiger partial charge < -0.3 is 4.90 Å². The van der Waals surface area contributed by atoms with Gasteiger partial charge in [0, 0.05) is 25.1 Å². The lowest BCUT2D eigenvalue weighted by Crippen LogP contribution is -2.39. The molecule has 0 radical (unpaired) electrons. The van der Waals surface area contributed by atoms with E-state index in [0.717, 1.165) is 43.9 Å². The molecular weight excluding hydrogens is 320 g/mol. The second-order valence-electron chi connectivity index (χ2n) is 6.16. The van der Waals surface area contributed by atoms with Crippen molar-refractivity contribution >= 4 is 5.91 Å². The lowest BCUT2D eigenvalue weighted by atomic mass is 9.93. The highest BCUT2D eigenvalue weighted by Gasteiger charge is 2.24. The lowest BCUT2D eigenvalue weighted by Gasteiger charge is -2.31. The van der Waals surface area contributed by atoms with Gasteiger partial charge in [0.15, 0.2) is 5.82 Å². The smallest absolute Gasteiger partial charge is 0.253 e. The second kappa shape index (κ2) is 6.80. The SMILES string of the molecule is O=C(c1ccc(-n2ccnn2)cc1)N1CCC(Cc2nn[nH]n2)CC1. The Kier molecular flexibility index (Phi) is 4.19. The largest absolute Gasteiger partial charge is 0.339 e. The zero-order valence-electron chi connectivity index (χ0n) is 13.6. The number of amides is 1. The molecule has 1 fully saturated rings. The van der Waals surface area contributed by atoms with Crippen molar-refractivity contribution in [2.24, 2.45) is 5.92 Å². The molecule has 1 N–H and O–H groups in total. The van der Waals surface area contributed by atoms with E-state index in [0.29, 0.717) is 11.5 Å². The third kappa shape index (κ3) is 3.39. The maximum atomic E-state index is 12.7. The first kappa shape index (κ1) is 15.4. The Morgan fingerprint density at radius 1 is 1.20 bits per heavy atom. The Morgan fingerprint density at radius 2 is 2.00 bits per heavy atom. The van der Waals surface area contributed by atoms with Gasteiger partial charge in [0.1, 0.15) is 0 Å². The molecule has 128 valence electrons. The molecule has 0 aliphatic carbocycles. The number of nitrogens with zero attached hydrogens (tertiary/aromatic N) is 7. The minimum Gasteiger partial charge on any atom is -0.339 e. The van der Waals surface area contributed by atoms with Gasteiger partial charge in [0.05, 0.1) is 18.1 Å². The molecule has 25 heavy (non-hydrogen) atoms. The number of tetrazole rings is 1. The first-order valence-corrected chi connectivity index (χ1v) is 8.28. The maximum Gasteiger partial charge on any atom is 0.253 e. The number of carbonyl (C=O) groups is 1. The quantitative estimate of drug-likeness (QED) is 0.757. The van der Waals surface area contributed by atoms with Gasteiger partial charge in [-0.3, -0.25) is 4.79 Å². The fourth-order valence-corrected chi connectivity index (χ4v) is 3.15. The van der Waals surface area contributed by atoms with Crippen LogP contribution in [-0.2, 0) is 6.42 Å². The summed E-state index contributed by atoms with van der Waals surface area (Å²) in [6.07, 6.45) is 6.11. The molecule has 3 aromatic rings. The van der Waals surface area contributed by atoms with Gasteiger partial charge >= 0.3 is 0 Å². The van der Waals surface area contributed by atoms with Crippen molar-refractivity contribution in [1.29, 1.82) is 0 Å². The molecule has 1 aliphatic heterocycles. The summed E-state index contributed by atoms with van der Waals surface area (Å²) in [6, 6.07) is 7.44. The highest BCUT2D eigenvalue weighted by atomic mass is 16.2. The fourth-order valence-electron chi connectivity index (χ4n) is 3.15. The fraction of sp³-hybridized carbons (Fsp3) is 0.375. The number of H-pyrrole nitrogens is 1. The predicted octanol–water partition coefficient (Wildman–Crippen LogP) is 0.875. The zero-order chi connectivity index (χ0) is 17.1. The topological polar surface area (TPSA) is 105 Å². The number of nitrogens with one attached hydrogen (secondary N) is 1. The van der Waals surface area contributed by atoms with E-state index < -0.39 is 0 Å². The molecule has 1 aliphatic rings. The number of piperidine rings is 1. The summed E-state index contributed by atoms with van der Waals surface area (Å²) in [5, 5.41) is 21.8. The molecule has 9 nitrogen and oxygen atoms in total. The first-order valence-electron chi connectivity index (χ1n) is 8.28. The molecule has 3 heterocycles. The summed E-state index contributed by atoms with van der Waals surface area (Å²) >= 11 is 0. The van der Waals surface area contributed by atoms with E-state index in [4.69, 9.17) is 0 Å².